The summed E-state index contributed by atoms with van der Waals surface area (Å²) in [7, 11) is -0.630. The van der Waals surface area contributed by atoms with Gasteiger partial charge in [-0.25, -0.2) is 9.59 Å². The summed E-state index contributed by atoms with van der Waals surface area (Å²) in [4.78, 5) is 58.3. The monoisotopic (exact) mass is 742 g/mol. The molecule has 0 spiro atoms. The number of nitrogens with zero attached hydrogens (tertiary/aromatic N) is 2. The Hall–Kier alpha value is -4.10. The zero-order chi connectivity index (χ0) is 38.4. The van der Waals surface area contributed by atoms with Gasteiger partial charge in [0, 0.05) is 19.5 Å². The maximum absolute atomic E-state index is 14.4. The van der Waals surface area contributed by atoms with Crippen molar-refractivity contribution in [1.29, 1.82) is 0 Å². The largest absolute Gasteiger partial charge is 0.481 e. The third-order valence-corrected chi connectivity index (χ3v) is 13.0. The van der Waals surface area contributed by atoms with Gasteiger partial charge in [-0.05, 0) is 72.5 Å². The Balaban J connectivity index is 1.06. The molecule has 3 heterocycles. The lowest BCUT2D eigenvalue weighted by Gasteiger charge is -2.64. The third-order valence-electron chi connectivity index (χ3n) is 13.0. The van der Waals surface area contributed by atoms with Gasteiger partial charge < -0.3 is 39.2 Å². The molecule has 54 heavy (non-hydrogen) atoms. The van der Waals surface area contributed by atoms with Gasteiger partial charge in [-0.3, -0.25) is 9.59 Å². The van der Waals surface area contributed by atoms with E-state index in [0.717, 1.165) is 30.4 Å². The summed E-state index contributed by atoms with van der Waals surface area (Å²) < 4.78 is 24.7. The lowest BCUT2D eigenvalue weighted by Crippen LogP contribution is -2.65. The Morgan fingerprint density at radius 3 is 2.39 bits per heavy atom. The van der Waals surface area contributed by atoms with Gasteiger partial charge >= 0.3 is 19.3 Å². The number of nitrogens with one attached hydrogen (secondary N) is 2. The van der Waals surface area contributed by atoms with Crippen LogP contribution in [0.2, 0.25) is 0 Å². The van der Waals surface area contributed by atoms with E-state index in [1.807, 2.05) is 69.3 Å². The van der Waals surface area contributed by atoms with E-state index >= 15 is 0 Å². The summed E-state index contributed by atoms with van der Waals surface area (Å²) in [5.41, 5.74) is 2.84. The van der Waals surface area contributed by atoms with Crippen LogP contribution in [0.15, 0.2) is 54.6 Å². The van der Waals surface area contributed by atoms with Gasteiger partial charge in [0.2, 0.25) is 11.8 Å². The normalized spacial score (nSPS) is 29.0. The zero-order valence-electron chi connectivity index (χ0n) is 32.4. The van der Waals surface area contributed by atoms with Gasteiger partial charge in [0.05, 0.1) is 24.2 Å². The van der Waals surface area contributed by atoms with E-state index in [-0.39, 0.29) is 42.9 Å². The molecule has 2 bridgehead atoms. The van der Waals surface area contributed by atoms with E-state index in [2.05, 4.69) is 37.5 Å². The predicted molar refractivity (Wildman–Crippen MR) is 202 cm³/mol. The molecule has 0 aromatic heterocycles. The number of rotatable bonds is 10. The Kier molecular flexibility index (Phi) is 10.8. The first-order valence-electron chi connectivity index (χ1n) is 19.7. The van der Waals surface area contributed by atoms with Crippen molar-refractivity contribution >= 4 is 31.1 Å². The van der Waals surface area contributed by atoms with Crippen molar-refractivity contribution in [3.63, 3.8) is 0 Å². The molecule has 3 aliphatic heterocycles. The standard InChI is InChI=1S/C41H55BN4O8/c1-7-34(42-53-33-20-29-19-32(40(29,4)5)41(33,6)54-42)43-36(47)31-21-30(52-39(50)45-18-17-27-15-11-12-16-28(27)22-45)23-46(31)37(48)35(25(2)3)44-38(49)51-24-26-13-9-8-10-14-26/h8-16,25,29-35H,7,17-24H2,1-6H3,(H,43,47)(H,44,49)/t29-,30+,31-,32-,33+,34-,35-,41-/m0/s1. The first-order valence-corrected chi connectivity index (χ1v) is 19.7. The maximum Gasteiger partial charge on any atom is 0.481 e. The summed E-state index contributed by atoms with van der Waals surface area (Å²) in [6.07, 6.45) is 1.43. The van der Waals surface area contributed by atoms with E-state index in [1.165, 1.54) is 10.5 Å². The molecule has 0 unspecified atom stereocenters. The quantitative estimate of drug-likeness (QED) is 0.315. The molecule has 13 heteroatoms. The van der Waals surface area contributed by atoms with Crippen molar-refractivity contribution in [2.45, 2.75) is 123 Å². The van der Waals surface area contributed by atoms with Crippen LogP contribution in [0.5, 0.6) is 0 Å². The highest BCUT2D eigenvalue weighted by Crippen LogP contribution is 2.65. The van der Waals surface area contributed by atoms with E-state index < -0.39 is 54.9 Å². The molecule has 3 aliphatic carbocycles. The fraction of sp³-hybridized carbons (Fsp3) is 0.610. The van der Waals surface area contributed by atoms with Gasteiger partial charge in [-0.1, -0.05) is 89.2 Å². The molecular weight excluding hydrogens is 687 g/mol. The van der Waals surface area contributed by atoms with Gasteiger partial charge in [0.1, 0.15) is 24.8 Å². The molecule has 3 saturated carbocycles. The summed E-state index contributed by atoms with van der Waals surface area (Å²) in [6.45, 7) is 13.4. The molecule has 4 amide bonds. The van der Waals surface area contributed by atoms with Crippen LogP contribution in [0.1, 0.15) is 83.9 Å². The van der Waals surface area contributed by atoms with Crippen molar-refractivity contribution in [3.8, 4) is 0 Å². The Bertz CT molecular complexity index is 1730. The van der Waals surface area contributed by atoms with Crippen LogP contribution in [0.3, 0.4) is 0 Å². The second kappa shape index (κ2) is 15.2. The number of amides is 4. The van der Waals surface area contributed by atoms with Crippen molar-refractivity contribution in [1.82, 2.24) is 20.4 Å². The fourth-order valence-electron chi connectivity index (χ4n) is 9.54. The molecule has 0 radical (unpaired) electrons. The maximum atomic E-state index is 14.4. The number of ether oxygens (including phenoxy) is 2. The summed E-state index contributed by atoms with van der Waals surface area (Å²) in [6, 6.07) is 15.4. The van der Waals surface area contributed by atoms with Crippen molar-refractivity contribution in [2.24, 2.45) is 23.2 Å². The number of carbonyl (C=O) groups excluding carboxylic acids is 4. The number of likely N-dealkylation sites (tertiary alicyclic amines) is 1. The Morgan fingerprint density at radius 1 is 0.963 bits per heavy atom. The fourth-order valence-corrected chi connectivity index (χ4v) is 9.54. The molecule has 6 aliphatic rings. The van der Waals surface area contributed by atoms with Crippen LogP contribution in [0, 0.1) is 23.2 Å². The van der Waals surface area contributed by atoms with Crippen molar-refractivity contribution in [2.75, 3.05) is 13.1 Å². The molecule has 2 saturated heterocycles. The lowest BCUT2D eigenvalue weighted by molar-refractivity contribution is -0.199. The van der Waals surface area contributed by atoms with E-state index in [9.17, 15) is 19.2 Å². The Morgan fingerprint density at radius 2 is 1.69 bits per heavy atom. The molecule has 290 valence electrons. The minimum Gasteiger partial charge on any atom is -0.445 e. The van der Waals surface area contributed by atoms with Crippen LogP contribution in [-0.4, -0.2) is 89.8 Å². The molecule has 8 atom stereocenters. The molecule has 12 nitrogen and oxygen atoms in total. The van der Waals surface area contributed by atoms with Crippen LogP contribution in [0.25, 0.3) is 0 Å². The number of alkyl carbamates (subject to hydrolysis) is 1. The highest BCUT2D eigenvalue weighted by molar-refractivity contribution is 6.47. The molecule has 2 aromatic rings. The second-order valence-corrected chi connectivity index (χ2v) is 17.0. The van der Waals surface area contributed by atoms with E-state index in [0.29, 0.717) is 31.3 Å². The van der Waals surface area contributed by atoms with Gasteiger partial charge in [0.25, 0.3) is 0 Å². The molecule has 2 aromatic carbocycles. The SMILES string of the molecule is CC[C@H](NC(=O)[C@@H]1C[C@@H](OC(=O)N2CCc3ccccc3C2)CN1C(=O)[C@@H](NC(=O)OCc1ccccc1)C(C)C)B1O[C@@H]2C[C@@H]3C[C@@H](C3(C)C)[C@]2(C)O1. The van der Waals surface area contributed by atoms with Crippen LogP contribution < -0.4 is 10.6 Å². The Labute approximate surface area is 319 Å². The average Bonchev–Trinajstić information content (AvgIpc) is 3.75. The summed E-state index contributed by atoms with van der Waals surface area (Å²) in [5, 5.41) is 5.90. The lowest BCUT2D eigenvalue weighted by atomic mass is 9.43. The number of carbonyl (C=O) groups is 4. The smallest absolute Gasteiger partial charge is 0.445 e. The molecule has 8 rings (SSSR count). The second-order valence-electron chi connectivity index (χ2n) is 17.0. The van der Waals surface area contributed by atoms with Crippen LogP contribution >= 0.6 is 0 Å². The average molecular weight is 743 g/mol. The van der Waals surface area contributed by atoms with Gasteiger partial charge in [-0.2, -0.15) is 0 Å². The topological polar surface area (TPSA) is 136 Å². The number of fused-ring (bicyclic) bond motifs is 1. The van der Waals surface area contributed by atoms with Crippen LogP contribution in [-0.2, 0) is 47.9 Å². The zero-order valence-corrected chi connectivity index (χ0v) is 32.4. The summed E-state index contributed by atoms with van der Waals surface area (Å²) >= 11 is 0. The highest BCUT2D eigenvalue weighted by atomic mass is 16.7. The first kappa shape index (κ1) is 38.2. The minimum absolute atomic E-state index is 0.00255. The van der Waals surface area contributed by atoms with Gasteiger partial charge in [0.15, 0.2) is 0 Å². The number of benzene rings is 2. The van der Waals surface area contributed by atoms with Crippen molar-refractivity contribution < 1.29 is 38.0 Å². The minimum atomic E-state index is -0.988. The predicted octanol–water partition coefficient (Wildman–Crippen LogP) is 5.26. The number of hydrogen-bond donors (Lipinski definition) is 2. The molecular formula is C41H55BN4O8. The van der Waals surface area contributed by atoms with Crippen molar-refractivity contribution in [3.05, 3.63) is 71.3 Å². The summed E-state index contributed by atoms with van der Waals surface area (Å²) in [5.74, 6) is -0.657. The third kappa shape index (κ3) is 7.33. The highest BCUT2D eigenvalue weighted by Gasteiger charge is 2.68. The first-order chi connectivity index (χ1) is 25.8. The van der Waals surface area contributed by atoms with Gasteiger partial charge in [-0.15, -0.1) is 0 Å². The molecule has 2 N–H and O–H groups in total. The number of hydrogen-bond acceptors (Lipinski definition) is 8. The van der Waals surface area contributed by atoms with Crippen LogP contribution in [0.4, 0.5) is 9.59 Å². The van der Waals surface area contributed by atoms with E-state index in [4.69, 9.17) is 18.8 Å². The van der Waals surface area contributed by atoms with E-state index in [1.54, 1.807) is 4.90 Å². The molecule has 5 fully saturated rings.